The number of unbranched alkanes of at least 4 members (excludes halogenated alkanes) is 1. The molecule has 2 saturated heterocycles. The highest BCUT2D eigenvalue weighted by Crippen LogP contribution is 2.54. The average molecular weight is 709 g/mol. The lowest BCUT2D eigenvalue weighted by molar-refractivity contribution is -0.202. The van der Waals surface area contributed by atoms with Crippen LogP contribution in [0.5, 0.6) is 0 Å². The monoisotopic (exact) mass is 708 g/mol. The minimum absolute atomic E-state index is 0.00831. The number of fused-ring (bicyclic) bond motifs is 1. The van der Waals surface area contributed by atoms with E-state index in [1.54, 1.807) is 0 Å². The number of carbonyl (C=O) groups is 1. The molecule has 4 rings (SSSR count). The Morgan fingerprint density at radius 3 is 2.39 bits per heavy atom. The highest BCUT2D eigenvalue weighted by atomic mass is 32.2. The van der Waals surface area contributed by atoms with Gasteiger partial charge in [-0.1, -0.05) is 35.5 Å². The van der Waals surface area contributed by atoms with Crippen LogP contribution in [0.25, 0.3) is 0 Å². The van der Waals surface area contributed by atoms with E-state index in [9.17, 15) is 13.2 Å². The lowest BCUT2D eigenvalue weighted by Gasteiger charge is -2.36. The van der Waals surface area contributed by atoms with Gasteiger partial charge in [-0.25, -0.2) is 0 Å². The quantitative estimate of drug-likeness (QED) is 0.0538. The van der Waals surface area contributed by atoms with Crippen molar-refractivity contribution in [1.82, 2.24) is 0 Å². The van der Waals surface area contributed by atoms with Crippen LogP contribution in [0.2, 0.25) is 0 Å². The first-order valence-electron chi connectivity index (χ1n) is 19.0. The maximum atomic E-state index is 12.1. The van der Waals surface area contributed by atoms with Crippen molar-refractivity contribution in [2.24, 2.45) is 29.6 Å². The van der Waals surface area contributed by atoms with Gasteiger partial charge in [-0.2, -0.15) is 8.42 Å². The second kappa shape index (κ2) is 20.5. The van der Waals surface area contributed by atoms with Crippen molar-refractivity contribution in [3.8, 4) is 0 Å². The minimum Gasteiger partial charge on any atom is -0.466 e. The highest BCUT2D eigenvalue weighted by Gasteiger charge is 2.50. The van der Waals surface area contributed by atoms with Gasteiger partial charge in [0.05, 0.1) is 31.7 Å². The number of hydrogen-bond acceptors (Lipinski definition) is 9. The molecule has 10 heteroatoms. The molecule has 2 aliphatic carbocycles. The summed E-state index contributed by atoms with van der Waals surface area (Å²) in [6, 6.07) is 0. The Morgan fingerprint density at radius 2 is 1.76 bits per heavy atom. The van der Waals surface area contributed by atoms with E-state index in [1.807, 2.05) is 0 Å². The van der Waals surface area contributed by atoms with E-state index >= 15 is 0 Å². The van der Waals surface area contributed by atoms with E-state index in [0.29, 0.717) is 24.4 Å². The first-order valence-corrected chi connectivity index (χ1v) is 20.8. The summed E-state index contributed by atoms with van der Waals surface area (Å²) in [5.41, 5.74) is 2.62. The van der Waals surface area contributed by atoms with E-state index in [4.69, 9.17) is 27.9 Å². The molecule has 0 spiro atoms. The summed E-state index contributed by atoms with van der Waals surface area (Å²) >= 11 is 0. The SMILES string of the molecule is CC=CC(CC(CCC=C(C)C)C1C(OC2CCCCO2)CC2CC(C(CCCCOC(C)=O)COS(C)(=O)=O)=CC21)OC1CCCCO1. The Balaban J connectivity index is 1.60. The Kier molecular flexibility index (Phi) is 16.8. The molecule has 0 aromatic carbocycles. The number of ether oxygens (including phenoxy) is 5. The van der Waals surface area contributed by atoms with Crippen LogP contribution in [0, 0.1) is 29.6 Å². The summed E-state index contributed by atoms with van der Waals surface area (Å²) < 4.78 is 60.4. The molecule has 280 valence electrons. The lowest BCUT2D eigenvalue weighted by atomic mass is 9.76. The molecule has 0 radical (unpaired) electrons. The maximum Gasteiger partial charge on any atom is 0.302 e. The van der Waals surface area contributed by atoms with Crippen molar-refractivity contribution in [2.45, 2.75) is 142 Å². The van der Waals surface area contributed by atoms with E-state index in [0.717, 1.165) is 109 Å². The zero-order valence-corrected chi connectivity index (χ0v) is 31.6. The molecule has 1 saturated carbocycles. The molecule has 9 unspecified atom stereocenters. The fourth-order valence-corrected chi connectivity index (χ4v) is 8.80. The van der Waals surface area contributed by atoms with Gasteiger partial charge in [-0.05, 0) is 134 Å². The summed E-state index contributed by atoms with van der Waals surface area (Å²) in [7, 11) is -3.58. The molecule has 2 heterocycles. The Morgan fingerprint density at radius 1 is 1.02 bits per heavy atom. The first kappa shape index (κ1) is 40.2. The first-order chi connectivity index (χ1) is 23.5. The molecule has 0 aromatic heterocycles. The van der Waals surface area contributed by atoms with Crippen molar-refractivity contribution in [3.05, 3.63) is 35.5 Å². The lowest BCUT2D eigenvalue weighted by Crippen LogP contribution is -2.37. The summed E-state index contributed by atoms with van der Waals surface area (Å²) in [6.07, 6.45) is 23.4. The summed E-state index contributed by atoms with van der Waals surface area (Å²) in [5, 5.41) is 0. The fraction of sp³-hybridized carbons (Fsp3) is 0.821. The van der Waals surface area contributed by atoms with Crippen LogP contribution in [0.4, 0.5) is 0 Å². The number of allylic oxidation sites excluding steroid dienone is 4. The average Bonchev–Trinajstić information content (AvgIpc) is 3.59. The van der Waals surface area contributed by atoms with Gasteiger partial charge in [-0.15, -0.1) is 0 Å². The molecular formula is C39H64O9S. The predicted molar refractivity (Wildman–Crippen MR) is 191 cm³/mol. The third kappa shape index (κ3) is 13.8. The van der Waals surface area contributed by atoms with Crippen LogP contribution in [-0.2, 0) is 42.8 Å². The van der Waals surface area contributed by atoms with Crippen LogP contribution in [0.3, 0.4) is 0 Å². The Labute approximate surface area is 296 Å². The molecule has 2 aliphatic heterocycles. The van der Waals surface area contributed by atoms with Gasteiger partial charge in [0.15, 0.2) is 12.6 Å². The normalized spacial score (nSPS) is 29.3. The highest BCUT2D eigenvalue weighted by molar-refractivity contribution is 7.85. The molecule has 9 nitrogen and oxygen atoms in total. The van der Waals surface area contributed by atoms with Crippen molar-refractivity contribution in [3.63, 3.8) is 0 Å². The van der Waals surface area contributed by atoms with Crippen LogP contribution >= 0.6 is 0 Å². The van der Waals surface area contributed by atoms with Crippen molar-refractivity contribution < 1.29 is 41.1 Å². The Hall–Kier alpha value is -1.56. The van der Waals surface area contributed by atoms with Crippen LogP contribution < -0.4 is 0 Å². The van der Waals surface area contributed by atoms with E-state index in [2.05, 4.69) is 45.1 Å². The van der Waals surface area contributed by atoms with E-state index in [1.165, 1.54) is 18.1 Å². The number of carbonyl (C=O) groups excluding carboxylic acids is 1. The molecule has 0 N–H and O–H groups in total. The van der Waals surface area contributed by atoms with E-state index < -0.39 is 10.1 Å². The number of esters is 1. The number of hydrogen-bond donors (Lipinski definition) is 0. The fourth-order valence-electron chi connectivity index (χ4n) is 8.39. The Bertz CT molecular complexity index is 1190. The van der Waals surface area contributed by atoms with Gasteiger partial charge in [0, 0.05) is 26.1 Å². The smallest absolute Gasteiger partial charge is 0.302 e. The van der Waals surface area contributed by atoms with Gasteiger partial charge in [0.25, 0.3) is 10.1 Å². The second-order valence-corrected chi connectivity index (χ2v) is 16.6. The second-order valence-electron chi connectivity index (χ2n) is 14.9. The van der Waals surface area contributed by atoms with Crippen molar-refractivity contribution >= 4 is 16.1 Å². The largest absolute Gasteiger partial charge is 0.466 e. The summed E-state index contributed by atoms with van der Waals surface area (Å²) in [6.45, 7) is 9.82. The van der Waals surface area contributed by atoms with Gasteiger partial charge >= 0.3 is 5.97 Å². The molecule has 0 bridgehead atoms. The topological polar surface area (TPSA) is 107 Å². The van der Waals surface area contributed by atoms with Crippen LogP contribution in [0.1, 0.15) is 118 Å². The molecule has 0 amide bonds. The maximum absolute atomic E-state index is 12.1. The molecule has 4 aliphatic rings. The minimum atomic E-state index is -3.58. The molecule has 0 aromatic rings. The van der Waals surface area contributed by atoms with Gasteiger partial charge < -0.3 is 23.7 Å². The third-order valence-electron chi connectivity index (χ3n) is 10.6. The van der Waals surface area contributed by atoms with Crippen LogP contribution in [0.15, 0.2) is 35.5 Å². The van der Waals surface area contributed by atoms with Gasteiger partial charge in [-0.3, -0.25) is 8.98 Å². The zero-order chi connectivity index (χ0) is 35.2. The van der Waals surface area contributed by atoms with Crippen molar-refractivity contribution in [1.29, 1.82) is 0 Å². The van der Waals surface area contributed by atoms with Crippen molar-refractivity contribution in [2.75, 3.05) is 32.7 Å². The predicted octanol–water partition coefficient (Wildman–Crippen LogP) is 8.05. The summed E-state index contributed by atoms with van der Waals surface area (Å²) in [4.78, 5) is 11.3. The number of rotatable bonds is 20. The summed E-state index contributed by atoms with van der Waals surface area (Å²) in [5.74, 6) is 1.07. The molecule has 9 atom stereocenters. The standard InChI is InChI=1S/C39H64O9S/c1-6-14-34(47-37-18-8-11-21-44-37)24-30(17-13-15-28(2)3)39-35-25-32(23-33(35)26-36(39)48-38-19-9-12-22-45-38)31(27-46-49(5,41)42)16-7-10-20-43-29(4)40/h6,14-15,25,30-31,33-39H,7-13,16-24,26-27H2,1-5H3. The van der Waals surface area contributed by atoms with Gasteiger partial charge in [0.2, 0.25) is 0 Å². The van der Waals surface area contributed by atoms with Crippen LogP contribution in [-0.4, -0.2) is 71.9 Å². The molecule has 49 heavy (non-hydrogen) atoms. The molecular weight excluding hydrogens is 644 g/mol. The third-order valence-corrected chi connectivity index (χ3v) is 11.2. The van der Waals surface area contributed by atoms with E-state index in [-0.39, 0.29) is 49.2 Å². The zero-order valence-electron chi connectivity index (χ0n) is 30.8. The molecule has 3 fully saturated rings. The van der Waals surface area contributed by atoms with Gasteiger partial charge in [0.1, 0.15) is 0 Å².